The highest BCUT2D eigenvalue weighted by molar-refractivity contribution is 5.78. The van der Waals surface area contributed by atoms with Crippen LogP contribution in [-0.2, 0) is 11.2 Å². The van der Waals surface area contributed by atoms with E-state index in [1.54, 1.807) is 0 Å². The molecular weight excluding hydrogens is 262 g/mol. The topological polar surface area (TPSA) is 41.1 Å². The van der Waals surface area contributed by atoms with Crippen LogP contribution in [0.15, 0.2) is 18.2 Å². The maximum absolute atomic E-state index is 13.4. The normalized spacial score (nSPS) is 18.8. The zero-order chi connectivity index (χ0) is 14.4. The van der Waals surface area contributed by atoms with E-state index in [0.29, 0.717) is 12.6 Å². The maximum atomic E-state index is 13.4. The molecule has 1 heterocycles. The molecule has 2 N–H and O–H groups in total. The summed E-state index contributed by atoms with van der Waals surface area (Å²) >= 11 is 0. The monoisotopic (exact) mass is 282 g/mol. The SMILES string of the molecule is O=C(Cc1cccc(F)c1F)NCCC1CCCCN1. The van der Waals surface area contributed by atoms with E-state index in [9.17, 15) is 13.6 Å². The van der Waals surface area contributed by atoms with Gasteiger partial charge in [-0.15, -0.1) is 0 Å². The molecule has 0 radical (unpaired) electrons. The summed E-state index contributed by atoms with van der Waals surface area (Å²) in [7, 11) is 0. The Balaban J connectivity index is 1.73. The number of rotatable bonds is 5. The van der Waals surface area contributed by atoms with Crippen molar-refractivity contribution in [2.75, 3.05) is 13.1 Å². The van der Waals surface area contributed by atoms with Gasteiger partial charge in [0.25, 0.3) is 0 Å². The fourth-order valence-electron chi connectivity index (χ4n) is 2.48. The Labute approximate surface area is 117 Å². The predicted octanol–water partition coefficient (Wildman–Crippen LogP) is 2.16. The van der Waals surface area contributed by atoms with Crippen molar-refractivity contribution in [2.45, 2.75) is 38.1 Å². The summed E-state index contributed by atoms with van der Waals surface area (Å²) in [6.45, 7) is 1.60. The molecule has 0 aromatic heterocycles. The average Bonchev–Trinajstić information content (AvgIpc) is 2.45. The molecule has 1 aromatic carbocycles. The summed E-state index contributed by atoms with van der Waals surface area (Å²) in [6, 6.07) is 4.34. The molecular formula is C15H20F2N2O. The highest BCUT2D eigenvalue weighted by atomic mass is 19.2. The highest BCUT2D eigenvalue weighted by Crippen LogP contribution is 2.12. The standard InChI is InChI=1S/C15H20F2N2O/c16-13-6-3-4-11(15(13)17)10-14(20)19-9-7-12-5-1-2-8-18-12/h3-4,6,12,18H,1-2,5,7-10H2,(H,19,20). The van der Waals surface area contributed by atoms with Gasteiger partial charge in [-0.3, -0.25) is 4.79 Å². The van der Waals surface area contributed by atoms with Gasteiger partial charge in [-0.05, 0) is 31.9 Å². The lowest BCUT2D eigenvalue weighted by molar-refractivity contribution is -0.120. The first-order chi connectivity index (χ1) is 9.66. The summed E-state index contributed by atoms with van der Waals surface area (Å²) in [5.74, 6) is -2.12. The molecule has 3 nitrogen and oxygen atoms in total. The zero-order valence-electron chi connectivity index (χ0n) is 11.4. The largest absolute Gasteiger partial charge is 0.356 e. The Kier molecular flexibility index (Phi) is 5.47. The van der Waals surface area contributed by atoms with E-state index < -0.39 is 11.6 Å². The fraction of sp³-hybridized carbons (Fsp3) is 0.533. The molecule has 1 amide bonds. The first-order valence-electron chi connectivity index (χ1n) is 7.10. The quantitative estimate of drug-likeness (QED) is 0.869. The van der Waals surface area contributed by atoms with Gasteiger partial charge in [0.2, 0.25) is 5.91 Å². The zero-order valence-corrected chi connectivity index (χ0v) is 11.4. The molecule has 110 valence electrons. The van der Waals surface area contributed by atoms with Gasteiger partial charge in [0, 0.05) is 18.2 Å². The second kappa shape index (κ2) is 7.33. The summed E-state index contributed by atoms with van der Waals surface area (Å²) in [5.41, 5.74) is 0.0956. The lowest BCUT2D eigenvalue weighted by Gasteiger charge is -2.23. The number of halogens is 2. The number of nitrogens with one attached hydrogen (secondary N) is 2. The fourth-order valence-corrected chi connectivity index (χ4v) is 2.48. The van der Waals surface area contributed by atoms with E-state index in [4.69, 9.17) is 0 Å². The summed E-state index contributed by atoms with van der Waals surface area (Å²) in [5, 5.41) is 6.16. The van der Waals surface area contributed by atoms with Gasteiger partial charge < -0.3 is 10.6 Å². The Hall–Kier alpha value is -1.49. The van der Waals surface area contributed by atoms with Gasteiger partial charge in [-0.25, -0.2) is 8.78 Å². The predicted molar refractivity (Wildman–Crippen MR) is 73.3 cm³/mol. The van der Waals surface area contributed by atoms with Crippen molar-refractivity contribution < 1.29 is 13.6 Å². The Morgan fingerprint density at radius 1 is 1.35 bits per heavy atom. The van der Waals surface area contributed by atoms with E-state index in [-0.39, 0.29) is 17.9 Å². The number of piperidine rings is 1. The Bertz CT molecular complexity index is 459. The molecule has 0 aliphatic carbocycles. The minimum atomic E-state index is -0.934. The molecule has 1 unspecified atom stereocenters. The van der Waals surface area contributed by atoms with Gasteiger partial charge in [0.1, 0.15) is 0 Å². The highest BCUT2D eigenvalue weighted by Gasteiger charge is 2.14. The van der Waals surface area contributed by atoms with E-state index in [2.05, 4.69) is 10.6 Å². The first kappa shape index (κ1) is 14.9. The van der Waals surface area contributed by atoms with E-state index in [0.717, 1.165) is 25.5 Å². The minimum Gasteiger partial charge on any atom is -0.356 e. The van der Waals surface area contributed by atoms with Crippen molar-refractivity contribution in [3.05, 3.63) is 35.4 Å². The van der Waals surface area contributed by atoms with Crippen molar-refractivity contribution in [3.8, 4) is 0 Å². The lowest BCUT2D eigenvalue weighted by Crippen LogP contribution is -2.37. The van der Waals surface area contributed by atoms with Crippen molar-refractivity contribution in [1.82, 2.24) is 10.6 Å². The van der Waals surface area contributed by atoms with E-state index >= 15 is 0 Å². The van der Waals surface area contributed by atoms with Crippen LogP contribution in [-0.4, -0.2) is 25.0 Å². The van der Waals surface area contributed by atoms with Crippen LogP contribution < -0.4 is 10.6 Å². The molecule has 1 aromatic rings. The first-order valence-corrected chi connectivity index (χ1v) is 7.10. The van der Waals surface area contributed by atoms with Gasteiger partial charge in [0.15, 0.2) is 11.6 Å². The van der Waals surface area contributed by atoms with Gasteiger partial charge in [0.05, 0.1) is 6.42 Å². The molecule has 1 atom stereocenters. The summed E-state index contributed by atoms with van der Waals surface area (Å²) < 4.78 is 26.4. The lowest BCUT2D eigenvalue weighted by atomic mass is 10.0. The van der Waals surface area contributed by atoms with E-state index in [1.165, 1.54) is 25.0 Å². The van der Waals surface area contributed by atoms with Crippen LogP contribution in [0.4, 0.5) is 8.78 Å². The van der Waals surface area contributed by atoms with Crippen LogP contribution in [0.2, 0.25) is 0 Å². The van der Waals surface area contributed by atoms with Crippen LogP contribution in [0, 0.1) is 11.6 Å². The maximum Gasteiger partial charge on any atom is 0.224 e. The summed E-state index contributed by atoms with van der Waals surface area (Å²) in [4.78, 5) is 11.7. The van der Waals surface area contributed by atoms with Gasteiger partial charge in [-0.1, -0.05) is 18.6 Å². The molecule has 1 aliphatic heterocycles. The van der Waals surface area contributed by atoms with Crippen LogP contribution in [0.5, 0.6) is 0 Å². The molecule has 20 heavy (non-hydrogen) atoms. The van der Waals surface area contributed by atoms with Crippen LogP contribution in [0.1, 0.15) is 31.2 Å². The number of amides is 1. The third-order valence-electron chi connectivity index (χ3n) is 3.61. The molecule has 0 spiro atoms. The third-order valence-corrected chi connectivity index (χ3v) is 3.61. The van der Waals surface area contributed by atoms with Gasteiger partial charge >= 0.3 is 0 Å². The van der Waals surface area contributed by atoms with Gasteiger partial charge in [-0.2, -0.15) is 0 Å². The molecule has 0 bridgehead atoms. The number of benzene rings is 1. The van der Waals surface area contributed by atoms with Crippen LogP contribution >= 0.6 is 0 Å². The summed E-state index contributed by atoms with van der Waals surface area (Å²) in [6.07, 6.45) is 4.31. The number of carbonyl (C=O) groups excluding carboxylic acids is 1. The molecule has 5 heteroatoms. The molecule has 1 fully saturated rings. The van der Waals surface area contributed by atoms with Crippen molar-refractivity contribution in [3.63, 3.8) is 0 Å². The van der Waals surface area contributed by atoms with E-state index in [1.807, 2.05) is 0 Å². The number of carbonyl (C=O) groups is 1. The Morgan fingerprint density at radius 2 is 2.20 bits per heavy atom. The molecule has 1 saturated heterocycles. The molecule has 0 saturated carbocycles. The van der Waals surface area contributed by atoms with Crippen molar-refractivity contribution in [2.24, 2.45) is 0 Å². The van der Waals surface area contributed by atoms with Crippen LogP contribution in [0.25, 0.3) is 0 Å². The number of hydrogen-bond donors (Lipinski definition) is 2. The third kappa shape index (κ3) is 4.27. The minimum absolute atomic E-state index is 0.0956. The van der Waals surface area contributed by atoms with Crippen molar-refractivity contribution in [1.29, 1.82) is 0 Å². The Morgan fingerprint density at radius 3 is 2.95 bits per heavy atom. The smallest absolute Gasteiger partial charge is 0.224 e. The second-order valence-corrected chi connectivity index (χ2v) is 5.18. The second-order valence-electron chi connectivity index (χ2n) is 5.18. The van der Waals surface area contributed by atoms with Crippen molar-refractivity contribution >= 4 is 5.91 Å². The molecule has 2 rings (SSSR count). The number of hydrogen-bond acceptors (Lipinski definition) is 2. The molecule has 1 aliphatic rings. The average molecular weight is 282 g/mol. The van der Waals surface area contributed by atoms with Crippen LogP contribution in [0.3, 0.4) is 0 Å².